The van der Waals surface area contributed by atoms with Crippen molar-refractivity contribution in [3.05, 3.63) is 18.0 Å². The molecule has 4 nitrogen and oxygen atoms in total. The number of hydrogen-bond acceptors (Lipinski definition) is 3. The van der Waals surface area contributed by atoms with Gasteiger partial charge < -0.3 is 4.74 Å². The smallest absolute Gasteiger partial charge is 0.356 e. The van der Waals surface area contributed by atoms with E-state index in [1.807, 2.05) is 0 Å². The summed E-state index contributed by atoms with van der Waals surface area (Å²) in [5.41, 5.74) is -0.257. The molecule has 0 radical (unpaired) electrons. The number of rotatable bonds is 2. The van der Waals surface area contributed by atoms with Crippen LogP contribution < -0.4 is 0 Å². The maximum absolute atomic E-state index is 12.1. The van der Waals surface area contributed by atoms with E-state index in [1.54, 1.807) is 0 Å². The van der Waals surface area contributed by atoms with Crippen LogP contribution in [0.3, 0.4) is 0 Å². The van der Waals surface area contributed by atoms with E-state index in [4.69, 9.17) is 0 Å². The van der Waals surface area contributed by atoms with Crippen molar-refractivity contribution in [1.82, 2.24) is 9.78 Å². The molecule has 66 valence electrons. The Bertz CT molecular complexity index is 285. The third-order valence-corrected chi connectivity index (χ3v) is 1.25. The zero-order chi connectivity index (χ0) is 9.14. The molecule has 0 N–H and O–H groups in total. The minimum absolute atomic E-state index is 0.257. The van der Waals surface area contributed by atoms with Crippen LogP contribution in [-0.4, -0.2) is 22.9 Å². The van der Waals surface area contributed by atoms with E-state index >= 15 is 0 Å². The molecule has 0 spiro atoms. The van der Waals surface area contributed by atoms with Crippen LogP contribution in [0.25, 0.3) is 0 Å². The average molecular weight is 176 g/mol. The van der Waals surface area contributed by atoms with Crippen LogP contribution in [0.2, 0.25) is 0 Å². The molecule has 0 saturated carbocycles. The second-order valence-corrected chi connectivity index (χ2v) is 1.93. The Morgan fingerprint density at radius 2 is 2.42 bits per heavy atom. The van der Waals surface area contributed by atoms with Gasteiger partial charge in [0.1, 0.15) is 0 Å². The highest BCUT2D eigenvalue weighted by atomic mass is 19.3. The van der Waals surface area contributed by atoms with Gasteiger partial charge in [0.25, 0.3) is 0 Å². The first-order chi connectivity index (χ1) is 5.66. The molecule has 0 aliphatic carbocycles. The number of carbonyl (C=O) groups is 1. The van der Waals surface area contributed by atoms with E-state index in [0.717, 1.165) is 19.4 Å². The highest BCUT2D eigenvalue weighted by Crippen LogP contribution is 2.12. The molecule has 0 aliphatic rings. The van der Waals surface area contributed by atoms with Gasteiger partial charge in [0.2, 0.25) is 0 Å². The lowest BCUT2D eigenvalue weighted by atomic mass is 10.4. The van der Waals surface area contributed by atoms with Gasteiger partial charge in [-0.05, 0) is 6.07 Å². The van der Waals surface area contributed by atoms with Crippen LogP contribution in [0.15, 0.2) is 12.3 Å². The summed E-state index contributed by atoms with van der Waals surface area (Å²) in [5.74, 6) is -0.826. The average Bonchev–Trinajstić information content (AvgIpc) is 2.50. The van der Waals surface area contributed by atoms with Crippen molar-refractivity contribution in [1.29, 1.82) is 0 Å². The summed E-state index contributed by atoms with van der Waals surface area (Å²) < 4.78 is 28.7. The van der Waals surface area contributed by atoms with Crippen molar-refractivity contribution in [3.63, 3.8) is 0 Å². The molecule has 0 aromatic carbocycles. The first kappa shape index (κ1) is 8.63. The molecule has 0 bridgehead atoms. The largest absolute Gasteiger partial charge is 0.464 e. The number of esters is 1. The molecule has 1 aromatic rings. The van der Waals surface area contributed by atoms with E-state index in [2.05, 4.69) is 9.84 Å². The van der Waals surface area contributed by atoms with Gasteiger partial charge in [0.15, 0.2) is 5.69 Å². The SMILES string of the molecule is COC(=O)c1ccnn1C(F)F. The monoisotopic (exact) mass is 176 g/mol. The van der Waals surface area contributed by atoms with Gasteiger partial charge in [0.05, 0.1) is 13.3 Å². The summed E-state index contributed by atoms with van der Waals surface area (Å²) in [7, 11) is 1.12. The molecule has 1 heterocycles. The van der Waals surface area contributed by atoms with Crippen molar-refractivity contribution in [2.75, 3.05) is 7.11 Å². The van der Waals surface area contributed by atoms with E-state index < -0.39 is 12.5 Å². The molecule has 6 heteroatoms. The number of halogens is 2. The first-order valence-corrected chi connectivity index (χ1v) is 3.06. The lowest BCUT2D eigenvalue weighted by molar-refractivity contribution is 0.0397. The molecule has 0 saturated heterocycles. The standard InChI is InChI=1S/C6H6F2N2O2/c1-12-5(11)4-2-3-9-10(4)6(7)8/h2-3,6H,1H3. The van der Waals surface area contributed by atoms with Gasteiger partial charge in [0, 0.05) is 0 Å². The van der Waals surface area contributed by atoms with Crippen LogP contribution in [0.4, 0.5) is 8.78 Å². The summed E-state index contributed by atoms with van der Waals surface area (Å²) in [6, 6.07) is 1.16. The topological polar surface area (TPSA) is 44.1 Å². The normalized spacial score (nSPS) is 10.3. The Hall–Kier alpha value is -1.46. The quantitative estimate of drug-likeness (QED) is 0.633. The van der Waals surface area contributed by atoms with Gasteiger partial charge >= 0.3 is 12.5 Å². The predicted molar refractivity (Wildman–Crippen MR) is 34.8 cm³/mol. The van der Waals surface area contributed by atoms with Crippen molar-refractivity contribution in [2.24, 2.45) is 0 Å². The van der Waals surface area contributed by atoms with Crippen LogP contribution in [0.5, 0.6) is 0 Å². The summed E-state index contributed by atoms with van der Waals surface area (Å²) in [6.07, 6.45) is 1.11. The fourth-order valence-electron chi connectivity index (χ4n) is 0.736. The van der Waals surface area contributed by atoms with Crippen LogP contribution in [0.1, 0.15) is 17.0 Å². The minimum atomic E-state index is -2.82. The number of aromatic nitrogens is 2. The Balaban J connectivity index is 2.99. The van der Waals surface area contributed by atoms with E-state index in [0.29, 0.717) is 4.68 Å². The molecule has 12 heavy (non-hydrogen) atoms. The van der Waals surface area contributed by atoms with Crippen molar-refractivity contribution in [2.45, 2.75) is 6.55 Å². The van der Waals surface area contributed by atoms with Crippen LogP contribution >= 0.6 is 0 Å². The van der Waals surface area contributed by atoms with Crippen molar-refractivity contribution < 1.29 is 18.3 Å². The molecule has 0 unspecified atom stereocenters. The number of methoxy groups -OCH3 is 1. The minimum Gasteiger partial charge on any atom is -0.464 e. The Morgan fingerprint density at radius 1 is 1.75 bits per heavy atom. The fourth-order valence-corrected chi connectivity index (χ4v) is 0.736. The molecule has 0 aliphatic heterocycles. The van der Waals surface area contributed by atoms with E-state index in [-0.39, 0.29) is 5.69 Å². The number of carbonyl (C=O) groups excluding carboxylic acids is 1. The van der Waals surface area contributed by atoms with Crippen molar-refractivity contribution >= 4 is 5.97 Å². The molecule has 0 fully saturated rings. The summed E-state index contributed by atoms with van der Waals surface area (Å²) in [5, 5.41) is 3.25. The van der Waals surface area contributed by atoms with Gasteiger partial charge in [-0.2, -0.15) is 18.6 Å². The zero-order valence-electron chi connectivity index (χ0n) is 6.20. The molecule has 0 amide bonds. The number of ether oxygens (including phenoxy) is 1. The maximum atomic E-state index is 12.1. The number of nitrogens with zero attached hydrogens (tertiary/aromatic N) is 2. The van der Waals surface area contributed by atoms with Crippen LogP contribution in [0, 0.1) is 0 Å². The number of alkyl halides is 2. The van der Waals surface area contributed by atoms with Gasteiger partial charge in [-0.25, -0.2) is 4.79 Å². The van der Waals surface area contributed by atoms with E-state index in [9.17, 15) is 13.6 Å². The van der Waals surface area contributed by atoms with Crippen molar-refractivity contribution in [3.8, 4) is 0 Å². The van der Waals surface area contributed by atoms with Gasteiger partial charge in [-0.1, -0.05) is 0 Å². The Kier molecular flexibility index (Phi) is 2.37. The Labute approximate surface area is 66.7 Å². The second kappa shape index (κ2) is 3.29. The van der Waals surface area contributed by atoms with E-state index in [1.165, 1.54) is 0 Å². The van der Waals surface area contributed by atoms with Gasteiger partial charge in [-0.3, -0.25) is 0 Å². The third kappa shape index (κ3) is 1.41. The Morgan fingerprint density at radius 3 is 2.92 bits per heavy atom. The molecule has 0 atom stereocenters. The first-order valence-electron chi connectivity index (χ1n) is 3.06. The third-order valence-electron chi connectivity index (χ3n) is 1.25. The highest BCUT2D eigenvalue weighted by Gasteiger charge is 2.17. The predicted octanol–water partition coefficient (Wildman–Crippen LogP) is 1.06. The molecular weight excluding hydrogens is 170 g/mol. The fraction of sp³-hybridized carbons (Fsp3) is 0.333. The number of hydrogen-bond donors (Lipinski definition) is 0. The molecular formula is C6H6F2N2O2. The molecule has 1 rings (SSSR count). The zero-order valence-corrected chi connectivity index (χ0v) is 6.20. The lowest BCUT2D eigenvalue weighted by Gasteiger charge is -2.02. The van der Waals surface area contributed by atoms with Crippen LogP contribution in [-0.2, 0) is 4.74 Å². The van der Waals surface area contributed by atoms with Gasteiger partial charge in [-0.15, -0.1) is 0 Å². The summed E-state index contributed by atoms with van der Waals surface area (Å²) in [4.78, 5) is 10.8. The summed E-state index contributed by atoms with van der Waals surface area (Å²) in [6.45, 7) is -2.82. The summed E-state index contributed by atoms with van der Waals surface area (Å²) >= 11 is 0. The lowest BCUT2D eigenvalue weighted by Crippen LogP contribution is -2.12. The highest BCUT2D eigenvalue weighted by molar-refractivity contribution is 5.87. The second-order valence-electron chi connectivity index (χ2n) is 1.93. The molecule has 1 aromatic heterocycles. The maximum Gasteiger partial charge on any atom is 0.356 e.